The van der Waals surface area contributed by atoms with Crippen molar-refractivity contribution in [2.45, 2.75) is 38.8 Å². The van der Waals surface area contributed by atoms with Crippen LogP contribution in [0.4, 0.5) is 10.5 Å². The Morgan fingerprint density at radius 2 is 1.67 bits per heavy atom. The lowest BCUT2D eigenvalue weighted by molar-refractivity contribution is 0.0588. The van der Waals surface area contributed by atoms with Crippen LogP contribution in [0.1, 0.15) is 37.6 Å². The molecular formula is C24H31N3O5S. The van der Waals surface area contributed by atoms with Crippen molar-refractivity contribution in [2.75, 3.05) is 43.0 Å². The number of nitrogens with zero attached hydrogens (tertiary/aromatic N) is 2. The SMILES string of the molecule is CC(C)(C)OC(=O)Nc1cc2ccccc2cc1C(=O)N1CCN(C2CCS(=O)(=O)C2)CC1. The molecule has 2 amide bonds. The first kappa shape index (κ1) is 23.5. The van der Waals surface area contributed by atoms with Gasteiger partial charge >= 0.3 is 6.09 Å². The zero-order chi connectivity index (χ0) is 23.8. The van der Waals surface area contributed by atoms with Gasteiger partial charge in [0.2, 0.25) is 0 Å². The number of fused-ring (bicyclic) bond motifs is 1. The van der Waals surface area contributed by atoms with Crippen molar-refractivity contribution in [3.05, 3.63) is 42.0 Å². The molecule has 0 aliphatic carbocycles. The minimum Gasteiger partial charge on any atom is -0.444 e. The molecule has 0 spiro atoms. The van der Waals surface area contributed by atoms with Gasteiger partial charge in [0.05, 0.1) is 22.8 Å². The molecule has 0 aromatic heterocycles. The van der Waals surface area contributed by atoms with E-state index in [0.29, 0.717) is 43.9 Å². The maximum atomic E-state index is 13.5. The third-order valence-electron chi connectivity index (χ3n) is 6.08. The Morgan fingerprint density at radius 3 is 2.24 bits per heavy atom. The molecule has 8 nitrogen and oxygen atoms in total. The van der Waals surface area contributed by atoms with Crippen LogP contribution >= 0.6 is 0 Å². The van der Waals surface area contributed by atoms with Crippen molar-refractivity contribution in [1.29, 1.82) is 0 Å². The number of benzene rings is 2. The van der Waals surface area contributed by atoms with Gasteiger partial charge in [-0.05, 0) is 50.1 Å². The van der Waals surface area contributed by atoms with Crippen LogP contribution in [0.2, 0.25) is 0 Å². The highest BCUT2D eigenvalue weighted by atomic mass is 32.2. The molecule has 178 valence electrons. The quantitative estimate of drug-likeness (QED) is 0.736. The molecule has 4 rings (SSSR count). The number of amides is 2. The van der Waals surface area contributed by atoms with Crippen LogP contribution in [0.15, 0.2) is 36.4 Å². The van der Waals surface area contributed by atoms with Crippen LogP contribution in [0, 0.1) is 0 Å². The summed E-state index contributed by atoms with van der Waals surface area (Å²) in [5.41, 5.74) is 0.170. The summed E-state index contributed by atoms with van der Waals surface area (Å²) in [6, 6.07) is 11.3. The Morgan fingerprint density at radius 1 is 1.03 bits per heavy atom. The fourth-order valence-electron chi connectivity index (χ4n) is 4.46. The van der Waals surface area contributed by atoms with Crippen molar-refractivity contribution >= 4 is 38.3 Å². The standard InChI is InChI=1S/C24H31N3O5S/c1-24(2,3)32-23(29)25-21-15-18-7-5-4-6-17(18)14-20(21)22(28)27-11-9-26(10-12-27)19-8-13-33(30,31)16-19/h4-7,14-15,19H,8-13,16H2,1-3H3,(H,25,29). The highest BCUT2D eigenvalue weighted by Gasteiger charge is 2.35. The molecule has 33 heavy (non-hydrogen) atoms. The third kappa shape index (κ3) is 5.65. The number of nitrogens with one attached hydrogen (secondary N) is 1. The number of hydrogen-bond donors (Lipinski definition) is 1. The van der Waals surface area contributed by atoms with Gasteiger partial charge in [0.15, 0.2) is 9.84 Å². The predicted molar refractivity (Wildman–Crippen MR) is 128 cm³/mol. The van der Waals surface area contributed by atoms with Crippen molar-refractivity contribution < 1.29 is 22.7 Å². The third-order valence-corrected chi connectivity index (χ3v) is 7.83. The number of carbonyl (C=O) groups is 2. The van der Waals surface area contributed by atoms with Crippen LogP contribution < -0.4 is 5.32 Å². The lowest BCUT2D eigenvalue weighted by Crippen LogP contribution is -2.52. The van der Waals surface area contributed by atoms with E-state index in [1.165, 1.54) is 0 Å². The number of sulfone groups is 1. The van der Waals surface area contributed by atoms with Gasteiger partial charge < -0.3 is 9.64 Å². The predicted octanol–water partition coefficient (Wildman–Crippen LogP) is 3.13. The summed E-state index contributed by atoms with van der Waals surface area (Å²) in [5, 5.41) is 4.57. The maximum absolute atomic E-state index is 13.5. The van der Waals surface area contributed by atoms with Crippen molar-refractivity contribution in [1.82, 2.24) is 9.80 Å². The summed E-state index contributed by atoms with van der Waals surface area (Å²) in [6.07, 6.45) is 0.0457. The minimum absolute atomic E-state index is 0.0392. The Kier molecular flexibility index (Phi) is 6.37. The van der Waals surface area contributed by atoms with Crippen molar-refractivity contribution in [3.63, 3.8) is 0 Å². The van der Waals surface area contributed by atoms with Crippen molar-refractivity contribution in [2.24, 2.45) is 0 Å². The summed E-state index contributed by atoms with van der Waals surface area (Å²) in [4.78, 5) is 29.9. The molecule has 0 bridgehead atoms. The van der Waals surface area contributed by atoms with E-state index in [9.17, 15) is 18.0 Å². The molecule has 2 aromatic carbocycles. The number of rotatable bonds is 3. The fourth-order valence-corrected chi connectivity index (χ4v) is 6.22. The second-order valence-corrected chi connectivity index (χ2v) is 12.0. The average molecular weight is 474 g/mol. The first-order chi connectivity index (χ1) is 15.5. The maximum Gasteiger partial charge on any atom is 0.412 e. The number of ether oxygens (including phenoxy) is 1. The van der Waals surface area contributed by atoms with E-state index in [4.69, 9.17) is 4.74 Å². The second-order valence-electron chi connectivity index (χ2n) is 9.76. The van der Waals surface area contributed by atoms with Gasteiger partial charge in [0.25, 0.3) is 5.91 Å². The highest BCUT2D eigenvalue weighted by Crippen LogP contribution is 2.27. The Hall–Kier alpha value is -2.65. The molecule has 0 saturated carbocycles. The van der Waals surface area contributed by atoms with Crippen LogP contribution in [0.25, 0.3) is 10.8 Å². The normalized spacial score (nSPS) is 21.2. The smallest absolute Gasteiger partial charge is 0.412 e. The largest absolute Gasteiger partial charge is 0.444 e. The topological polar surface area (TPSA) is 96.0 Å². The zero-order valence-corrected chi connectivity index (χ0v) is 20.2. The fraction of sp³-hybridized carbons (Fsp3) is 0.500. The lowest BCUT2D eigenvalue weighted by atomic mass is 10.0. The van der Waals surface area contributed by atoms with Crippen LogP contribution in [0.5, 0.6) is 0 Å². The van der Waals surface area contributed by atoms with Crippen molar-refractivity contribution in [3.8, 4) is 0 Å². The van der Waals surface area contributed by atoms with E-state index in [1.807, 2.05) is 24.3 Å². The van der Waals surface area contributed by atoms with Gasteiger partial charge in [0, 0.05) is 32.2 Å². The first-order valence-corrected chi connectivity index (χ1v) is 13.1. The Bertz CT molecular complexity index is 1160. The molecule has 2 fully saturated rings. The second kappa shape index (κ2) is 8.95. The van der Waals surface area contributed by atoms with Crippen LogP contribution in [0.3, 0.4) is 0 Å². The van der Waals surface area contributed by atoms with Crippen LogP contribution in [-0.4, -0.2) is 79.5 Å². The van der Waals surface area contributed by atoms with Gasteiger partial charge in [-0.3, -0.25) is 15.0 Å². The number of carbonyl (C=O) groups excluding carboxylic acids is 2. The molecule has 1 atom stereocenters. The number of piperazine rings is 1. The number of hydrogen-bond acceptors (Lipinski definition) is 6. The van der Waals surface area contributed by atoms with E-state index < -0.39 is 21.5 Å². The summed E-state index contributed by atoms with van der Waals surface area (Å²) >= 11 is 0. The average Bonchev–Trinajstić information content (AvgIpc) is 3.11. The van der Waals surface area contributed by atoms with Gasteiger partial charge in [0.1, 0.15) is 5.60 Å². The molecule has 2 aliphatic heterocycles. The zero-order valence-electron chi connectivity index (χ0n) is 19.3. The summed E-state index contributed by atoms with van der Waals surface area (Å²) in [5.74, 6) is 0.286. The van der Waals surface area contributed by atoms with Gasteiger partial charge in [-0.1, -0.05) is 24.3 Å². The van der Waals surface area contributed by atoms with E-state index in [1.54, 1.807) is 37.8 Å². The molecule has 2 heterocycles. The van der Waals surface area contributed by atoms with Gasteiger partial charge in [-0.15, -0.1) is 0 Å². The monoisotopic (exact) mass is 473 g/mol. The molecule has 2 aromatic rings. The lowest BCUT2D eigenvalue weighted by Gasteiger charge is -2.37. The van der Waals surface area contributed by atoms with E-state index in [0.717, 1.165) is 10.8 Å². The molecule has 1 unspecified atom stereocenters. The molecular weight excluding hydrogens is 442 g/mol. The first-order valence-electron chi connectivity index (χ1n) is 11.3. The molecule has 1 N–H and O–H groups in total. The number of anilines is 1. The highest BCUT2D eigenvalue weighted by molar-refractivity contribution is 7.91. The summed E-state index contributed by atoms with van der Waals surface area (Å²) < 4.78 is 29.0. The molecule has 9 heteroatoms. The Labute approximate surface area is 194 Å². The summed E-state index contributed by atoms with van der Waals surface area (Å²) in [7, 11) is -2.94. The van der Waals surface area contributed by atoms with E-state index in [-0.39, 0.29) is 23.5 Å². The van der Waals surface area contributed by atoms with E-state index in [2.05, 4.69) is 10.2 Å². The van der Waals surface area contributed by atoms with Crippen LogP contribution in [-0.2, 0) is 14.6 Å². The van der Waals surface area contributed by atoms with Gasteiger partial charge in [-0.25, -0.2) is 13.2 Å². The summed E-state index contributed by atoms with van der Waals surface area (Å²) in [6.45, 7) is 7.64. The minimum atomic E-state index is -2.94. The molecule has 2 saturated heterocycles. The molecule has 0 radical (unpaired) electrons. The van der Waals surface area contributed by atoms with E-state index >= 15 is 0 Å². The Balaban J connectivity index is 1.53. The van der Waals surface area contributed by atoms with Gasteiger partial charge in [-0.2, -0.15) is 0 Å². The molecule has 2 aliphatic rings.